The molecule has 3 nitrogen and oxygen atoms in total. The van der Waals surface area contributed by atoms with E-state index in [0.717, 1.165) is 9.46 Å². The number of rotatable bonds is 8. The van der Waals surface area contributed by atoms with Crippen LogP contribution in [-0.4, -0.2) is 13.2 Å². The smallest absolute Gasteiger partial charge is 0.420 e. The Morgan fingerprint density at radius 3 is 2.00 bits per heavy atom. The van der Waals surface area contributed by atoms with Crippen LogP contribution in [0.1, 0.15) is 5.56 Å². The highest BCUT2D eigenvalue weighted by atomic mass is 79.9. The van der Waals surface area contributed by atoms with Gasteiger partial charge in [-0.05, 0) is 106 Å². The van der Waals surface area contributed by atoms with Crippen LogP contribution in [0.4, 0.5) is 13.2 Å². The Morgan fingerprint density at radius 2 is 1.38 bits per heavy atom. The Balaban J connectivity index is 2.18. The van der Waals surface area contributed by atoms with Gasteiger partial charge in [-0.15, -0.1) is 0 Å². The van der Waals surface area contributed by atoms with Crippen LogP contribution < -0.4 is 14.2 Å². The summed E-state index contributed by atoms with van der Waals surface area (Å²) in [6.07, 6.45) is -1.30. The molecule has 0 aromatic heterocycles. The largest absolute Gasteiger partial charge is 0.489 e. The van der Waals surface area contributed by atoms with E-state index < -0.39 is 11.7 Å². The molecule has 0 atom stereocenters. The first-order chi connectivity index (χ1) is 13.6. The van der Waals surface area contributed by atoms with Crippen LogP contribution in [0, 0.1) is 0 Å². The second-order valence-corrected chi connectivity index (χ2v) is 10.9. The minimum Gasteiger partial charge on any atom is -0.489 e. The van der Waals surface area contributed by atoms with E-state index in [1.165, 1.54) is 12.1 Å². The van der Waals surface area contributed by atoms with E-state index in [1.807, 2.05) is 0 Å². The monoisotopic (exact) mass is 662 g/mol. The summed E-state index contributed by atoms with van der Waals surface area (Å²) < 4.78 is 57.9. The van der Waals surface area contributed by atoms with Gasteiger partial charge in [0.1, 0.15) is 41.8 Å². The first kappa shape index (κ1) is 24.3. The second-order valence-electron chi connectivity index (χ2n) is 5.34. The van der Waals surface area contributed by atoms with Gasteiger partial charge in [0.25, 0.3) is 0 Å². The van der Waals surface area contributed by atoms with Gasteiger partial charge in [0.15, 0.2) is 0 Å². The SMILES string of the molecule is FC(F)(F)c1cc(Oc2cccc(OCC=C(Br)Br)c2)ccc1OCC=C(Br)Br. The molecule has 2 aromatic carbocycles. The molecule has 0 radical (unpaired) electrons. The zero-order valence-corrected chi connectivity index (χ0v) is 20.8. The highest BCUT2D eigenvalue weighted by Gasteiger charge is 2.35. The van der Waals surface area contributed by atoms with Crippen LogP contribution in [-0.2, 0) is 6.18 Å². The quantitative estimate of drug-likeness (QED) is 0.283. The molecule has 0 spiro atoms. The van der Waals surface area contributed by atoms with E-state index in [-0.39, 0.29) is 18.1 Å². The number of hydrogen-bond acceptors (Lipinski definition) is 3. The summed E-state index contributed by atoms with van der Waals surface area (Å²) in [5.41, 5.74) is -0.922. The molecule has 0 N–H and O–H groups in total. The van der Waals surface area contributed by atoms with Crippen LogP contribution in [0.3, 0.4) is 0 Å². The lowest BCUT2D eigenvalue weighted by atomic mass is 10.2. The lowest BCUT2D eigenvalue weighted by molar-refractivity contribution is -0.138. The van der Waals surface area contributed by atoms with Crippen molar-refractivity contribution < 1.29 is 27.4 Å². The average molecular weight is 666 g/mol. The van der Waals surface area contributed by atoms with Crippen molar-refractivity contribution in [3.8, 4) is 23.0 Å². The number of ether oxygens (including phenoxy) is 3. The van der Waals surface area contributed by atoms with Crippen LogP contribution in [0.15, 0.2) is 61.4 Å². The van der Waals surface area contributed by atoms with Crippen molar-refractivity contribution in [2.24, 2.45) is 0 Å². The van der Waals surface area contributed by atoms with E-state index >= 15 is 0 Å². The maximum absolute atomic E-state index is 13.4. The first-order valence-corrected chi connectivity index (χ1v) is 11.1. The second kappa shape index (κ2) is 11.4. The van der Waals surface area contributed by atoms with Gasteiger partial charge < -0.3 is 14.2 Å². The fourth-order valence-electron chi connectivity index (χ4n) is 2.08. The minimum atomic E-state index is -4.59. The number of benzene rings is 2. The normalized spacial score (nSPS) is 10.9. The molecule has 0 heterocycles. The average Bonchev–Trinajstić information content (AvgIpc) is 2.61. The van der Waals surface area contributed by atoms with E-state index in [4.69, 9.17) is 14.2 Å². The third-order valence-corrected chi connectivity index (χ3v) is 4.56. The highest BCUT2D eigenvalue weighted by molar-refractivity contribution is 9.28. The van der Waals surface area contributed by atoms with E-state index in [9.17, 15) is 13.2 Å². The van der Waals surface area contributed by atoms with Gasteiger partial charge in [-0.3, -0.25) is 0 Å². The Morgan fingerprint density at radius 1 is 0.793 bits per heavy atom. The Bertz CT molecular complexity index is 891. The van der Waals surface area contributed by atoms with Gasteiger partial charge >= 0.3 is 6.18 Å². The minimum absolute atomic E-state index is 0.0298. The zero-order valence-electron chi connectivity index (χ0n) is 14.5. The zero-order chi connectivity index (χ0) is 21.4. The van der Waals surface area contributed by atoms with Crippen molar-refractivity contribution >= 4 is 63.7 Å². The molecule has 10 heteroatoms. The molecule has 0 aliphatic rings. The third-order valence-electron chi connectivity index (χ3n) is 3.26. The van der Waals surface area contributed by atoms with Gasteiger partial charge in [0.05, 0.1) is 6.78 Å². The summed E-state index contributed by atoms with van der Waals surface area (Å²) in [4.78, 5) is 0. The molecular weight excluding hydrogens is 653 g/mol. The molecule has 0 amide bonds. The van der Waals surface area contributed by atoms with E-state index in [2.05, 4.69) is 63.7 Å². The molecule has 0 saturated heterocycles. The van der Waals surface area contributed by atoms with Crippen molar-refractivity contribution in [1.82, 2.24) is 0 Å². The summed E-state index contributed by atoms with van der Waals surface area (Å²) in [6.45, 7) is 0.270. The third kappa shape index (κ3) is 8.74. The predicted octanol–water partition coefficient (Wildman–Crippen LogP) is 8.52. The molecule has 0 bridgehead atoms. The molecule has 0 aliphatic carbocycles. The molecule has 0 aliphatic heterocycles. The van der Waals surface area contributed by atoms with Crippen LogP contribution in [0.2, 0.25) is 0 Å². The summed E-state index contributed by atoms with van der Waals surface area (Å²) >= 11 is 12.7. The van der Waals surface area contributed by atoms with Crippen LogP contribution in [0.25, 0.3) is 0 Å². The molecule has 0 saturated carbocycles. The summed E-state index contributed by atoms with van der Waals surface area (Å²) in [7, 11) is 0. The Hall–Kier alpha value is -0.970. The Labute approximate surface area is 199 Å². The maximum atomic E-state index is 13.4. The van der Waals surface area contributed by atoms with Crippen molar-refractivity contribution in [2.75, 3.05) is 13.2 Å². The fraction of sp³-hybridized carbons (Fsp3) is 0.158. The molecule has 29 heavy (non-hydrogen) atoms. The van der Waals surface area contributed by atoms with Crippen LogP contribution >= 0.6 is 63.7 Å². The number of hydrogen-bond donors (Lipinski definition) is 0. The lowest BCUT2D eigenvalue weighted by Crippen LogP contribution is -2.09. The lowest BCUT2D eigenvalue weighted by Gasteiger charge is -2.15. The highest BCUT2D eigenvalue weighted by Crippen LogP contribution is 2.39. The summed E-state index contributed by atoms with van der Waals surface area (Å²) in [5, 5.41) is 0. The standard InChI is InChI=1S/C19H13Br4F3O3/c20-17(21)6-8-27-12-2-1-3-13(10-12)29-14-4-5-16(28-9-7-18(22)23)15(11-14)19(24,25)26/h1-7,10-11H,8-9H2. The van der Waals surface area contributed by atoms with Gasteiger partial charge in [-0.1, -0.05) is 6.07 Å². The van der Waals surface area contributed by atoms with Crippen molar-refractivity contribution in [3.05, 3.63) is 67.0 Å². The fourth-order valence-corrected chi connectivity index (χ4v) is 2.61. The predicted molar refractivity (Wildman–Crippen MR) is 121 cm³/mol. The molecule has 2 aromatic rings. The number of alkyl halides is 3. The summed E-state index contributed by atoms with van der Waals surface area (Å²) in [5.74, 6) is 0.606. The van der Waals surface area contributed by atoms with Crippen molar-refractivity contribution in [2.45, 2.75) is 6.18 Å². The van der Waals surface area contributed by atoms with Crippen molar-refractivity contribution in [3.63, 3.8) is 0 Å². The van der Waals surface area contributed by atoms with Gasteiger partial charge in [-0.25, -0.2) is 0 Å². The van der Waals surface area contributed by atoms with Crippen LogP contribution in [0.5, 0.6) is 23.0 Å². The first-order valence-electron chi connectivity index (χ1n) is 7.92. The van der Waals surface area contributed by atoms with Gasteiger partial charge in [-0.2, -0.15) is 13.2 Å². The van der Waals surface area contributed by atoms with Crippen molar-refractivity contribution in [1.29, 1.82) is 0 Å². The maximum Gasteiger partial charge on any atom is 0.420 e. The molecule has 156 valence electrons. The van der Waals surface area contributed by atoms with Gasteiger partial charge in [0.2, 0.25) is 0 Å². The molecular formula is C19H13Br4F3O3. The molecule has 0 fully saturated rings. The van der Waals surface area contributed by atoms with E-state index in [1.54, 1.807) is 36.4 Å². The van der Waals surface area contributed by atoms with E-state index in [0.29, 0.717) is 21.5 Å². The topological polar surface area (TPSA) is 27.7 Å². The van der Waals surface area contributed by atoms with Gasteiger partial charge in [0, 0.05) is 6.07 Å². The number of halogens is 7. The molecule has 0 unspecified atom stereocenters. The summed E-state index contributed by atoms with van der Waals surface area (Å²) in [6, 6.07) is 10.2. The Kier molecular flexibility index (Phi) is 9.58. The molecule has 2 rings (SSSR count).